The lowest BCUT2D eigenvalue weighted by Crippen LogP contribution is -2.42. The van der Waals surface area contributed by atoms with Gasteiger partial charge in [0.2, 0.25) is 5.91 Å². The first kappa shape index (κ1) is 16.6. The van der Waals surface area contributed by atoms with E-state index in [1.54, 1.807) is 18.4 Å². The molecule has 2 amide bonds. The maximum atomic E-state index is 12.6. The van der Waals surface area contributed by atoms with E-state index >= 15 is 0 Å². The third-order valence-electron chi connectivity index (χ3n) is 6.25. The predicted octanol–water partition coefficient (Wildman–Crippen LogP) is 2.16. The maximum Gasteiger partial charge on any atom is 0.289 e. The molecule has 3 heterocycles. The van der Waals surface area contributed by atoms with Crippen LogP contribution in [0.4, 0.5) is 0 Å². The number of nitrogens with zero attached hydrogens (tertiary/aromatic N) is 2. The molecule has 1 aromatic heterocycles. The van der Waals surface area contributed by atoms with Gasteiger partial charge in [-0.25, -0.2) is 0 Å². The van der Waals surface area contributed by atoms with Crippen LogP contribution in [0.5, 0.6) is 0 Å². The van der Waals surface area contributed by atoms with E-state index in [4.69, 9.17) is 9.15 Å². The minimum Gasteiger partial charge on any atom is -0.459 e. The smallest absolute Gasteiger partial charge is 0.289 e. The van der Waals surface area contributed by atoms with E-state index in [9.17, 15) is 9.59 Å². The van der Waals surface area contributed by atoms with Gasteiger partial charge in [-0.2, -0.15) is 0 Å². The third kappa shape index (κ3) is 3.19. The van der Waals surface area contributed by atoms with E-state index in [0.29, 0.717) is 44.4 Å². The molecule has 1 aromatic rings. The molecule has 6 nitrogen and oxygen atoms in total. The molecule has 1 unspecified atom stereocenters. The van der Waals surface area contributed by atoms with Gasteiger partial charge in [-0.3, -0.25) is 9.59 Å². The average molecular weight is 346 g/mol. The number of rotatable bonds is 4. The molecule has 3 aliphatic rings. The lowest BCUT2D eigenvalue weighted by atomic mass is 9.62. The number of morpholine rings is 1. The van der Waals surface area contributed by atoms with Gasteiger partial charge >= 0.3 is 0 Å². The second-order valence-corrected chi connectivity index (χ2v) is 7.61. The van der Waals surface area contributed by atoms with Crippen LogP contribution < -0.4 is 0 Å². The number of carbonyl (C=O) groups is 2. The fourth-order valence-corrected chi connectivity index (χ4v) is 4.61. The molecule has 3 fully saturated rings. The quantitative estimate of drug-likeness (QED) is 0.838. The zero-order valence-corrected chi connectivity index (χ0v) is 14.6. The summed E-state index contributed by atoms with van der Waals surface area (Å²) >= 11 is 0. The Morgan fingerprint density at radius 1 is 1.20 bits per heavy atom. The van der Waals surface area contributed by atoms with Gasteiger partial charge < -0.3 is 19.0 Å². The zero-order chi connectivity index (χ0) is 17.3. The van der Waals surface area contributed by atoms with E-state index in [1.165, 1.54) is 19.3 Å². The van der Waals surface area contributed by atoms with E-state index in [1.807, 2.05) is 9.80 Å². The van der Waals surface area contributed by atoms with Crippen LogP contribution in [0, 0.1) is 11.3 Å². The van der Waals surface area contributed by atoms with Crippen molar-refractivity contribution < 1.29 is 18.7 Å². The molecule has 0 aromatic carbocycles. The van der Waals surface area contributed by atoms with Crippen molar-refractivity contribution in [2.24, 2.45) is 11.3 Å². The summed E-state index contributed by atoms with van der Waals surface area (Å²) < 4.78 is 10.6. The van der Waals surface area contributed by atoms with Crippen molar-refractivity contribution in [2.75, 3.05) is 39.4 Å². The van der Waals surface area contributed by atoms with Crippen LogP contribution in [0.15, 0.2) is 22.8 Å². The third-order valence-corrected chi connectivity index (χ3v) is 6.25. The zero-order valence-electron chi connectivity index (χ0n) is 14.6. The van der Waals surface area contributed by atoms with Crippen LogP contribution >= 0.6 is 0 Å². The number of carbonyl (C=O) groups excluding carboxylic acids is 2. The van der Waals surface area contributed by atoms with Gasteiger partial charge in [-0.1, -0.05) is 6.42 Å². The number of furan rings is 1. The molecule has 25 heavy (non-hydrogen) atoms. The van der Waals surface area contributed by atoms with Crippen LogP contribution in [-0.2, 0) is 9.53 Å². The molecule has 2 saturated heterocycles. The van der Waals surface area contributed by atoms with Crippen LogP contribution in [0.1, 0.15) is 42.7 Å². The Balaban J connectivity index is 1.37. The number of hydrogen-bond donors (Lipinski definition) is 0. The maximum absolute atomic E-state index is 12.6. The summed E-state index contributed by atoms with van der Waals surface area (Å²) in [5, 5.41) is 0. The number of ether oxygens (including phenoxy) is 1. The van der Waals surface area contributed by atoms with E-state index in [-0.39, 0.29) is 17.2 Å². The number of hydrogen-bond acceptors (Lipinski definition) is 4. The van der Waals surface area contributed by atoms with Crippen LogP contribution in [0.25, 0.3) is 0 Å². The molecule has 0 N–H and O–H groups in total. The first-order valence-corrected chi connectivity index (χ1v) is 9.36. The SMILES string of the molecule is O=C(CCC1CN(C(=O)c2ccco2)CC12CCC2)N1CCOCC1. The Kier molecular flexibility index (Phi) is 4.54. The predicted molar refractivity (Wildman–Crippen MR) is 91.0 cm³/mol. The monoisotopic (exact) mass is 346 g/mol. The molecule has 6 heteroatoms. The van der Waals surface area contributed by atoms with E-state index in [0.717, 1.165) is 19.5 Å². The molecular formula is C19H26N2O4. The summed E-state index contributed by atoms with van der Waals surface area (Å²) in [6.45, 7) is 4.25. The highest BCUT2D eigenvalue weighted by molar-refractivity contribution is 5.91. The second-order valence-electron chi connectivity index (χ2n) is 7.61. The Bertz CT molecular complexity index is 617. The summed E-state index contributed by atoms with van der Waals surface area (Å²) in [6, 6.07) is 3.48. The first-order valence-electron chi connectivity index (χ1n) is 9.36. The van der Waals surface area contributed by atoms with Gasteiger partial charge in [0.1, 0.15) is 0 Å². The van der Waals surface area contributed by atoms with Crippen molar-refractivity contribution in [2.45, 2.75) is 32.1 Å². The lowest BCUT2D eigenvalue weighted by molar-refractivity contribution is -0.135. The summed E-state index contributed by atoms with van der Waals surface area (Å²) in [4.78, 5) is 28.9. The Hall–Kier alpha value is -1.82. The topological polar surface area (TPSA) is 63.0 Å². The van der Waals surface area contributed by atoms with Gasteiger partial charge in [-0.05, 0) is 42.7 Å². The normalized spacial score (nSPS) is 25.2. The van der Waals surface area contributed by atoms with Crippen molar-refractivity contribution in [3.05, 3.63) is 24.2 Å². The molecular weight excluding hydrogens is 320 g/mol. The Morgan fingerprint density at radius 3 is 2.64 bits per heavy atom. The molecule has 0 bridgehead atoms. The van der Waals surface area contributed by atoms with Gasteiger partial charge in [0.05, 0.1) is 19.5 Å². The Morgan fingerprint density at radius 2 is 2.00 bits per heavy atom. The van der Waals surface area contributed by atoms with Crippen molar-refractivity contribution in [3.8, 4) is 0 Å². The fraction of sp³-hybridized carbons (Fsp3) is 0.684. The summed E-state index contributed by atoms with van der Waals surface area (Å²) in [5.41, 5.74) is 0.230. The molecule has 4 rings (SSSR count). The average Bonchev–Trinajstić information content (AvgIpc) is 3.27. The highest BCUT2D eigenvalue weighted by Gasteiger charge is 2.51. The molecule has 1 spiro atoms. The minimum atomic E-state index is -0.0155. The van der Waals surface area contributed by atoms with Gasteiger partial charge in [0.25, 0.3) is 5.91 Å². The van der Waals surface area contributed by atoms with Crippen LogP contribution in [0.2, 0.25) is 0 Å². The molecule has 2 aliphatic heterocycles. The van der Waals surface area contributed by atoms with Crippen molar-refractivity contribution in [1.29, 1.82) is 0 Å². The highest BCUT2D eigenvalue weighted by atomic mass is 16.5. The summed E-state index contributed by atoms with van der Waals surface area (Å²) in [7, 11) is 0. The van der Waals surface area contributed by atoms with Crippen molar-refractivity contribution in [3.63, 3.8) is 0 Å². The first-order chi connectivity index (χ1) is 12.2. The molecule has 1 atom stereocenters. The summed E-state index contributed by atoms with van der Waals surface area (Å²) in [5.74, 6) is 1.05. The lowest BCUT2D eigenvalue weighted by Gasteiger charge is -2.43. The number of amides is 2. The summed E-state index contributed by atoms with van der Waals surface area (Å²) in [6.07, 6.45) is 6.57. The second kappa shape index (κ2) is 6.83. The molecule has 1 aliphatic carbocycles. The van der Waals surface area contributed by atoms with Crippen LogP contribution in [0.3, 0.4) is 0 Å². The van der Waals surface area contributed by atoms with E-state index < -0.39 is 0 Å². The van der Waals surface area contributed by atoms with E-state index in [2.05, 4.69) is 0 Å². The Labute approximate surface area is 148 Å². The van der Waals surface area contributed by atoms with Gasteiger partial charge in [0.15, 0.2) is 5.76 Å². The van der Waals surface area contributed by atoms with Crippen molar-refractivity contribution >= 4 is 11.8 Å². The standard InChI is InChI=1S/C19H26N2O4/c22-17(20-8-11-24-12-9-20)5-4-15-13-21(14-19(15)6-2-7-19)18(23)16-3-1-10-25-16/h1,3,10,15H,2,4-9,11-14H2. The molecule has 1 saturated carbocycles. The molecule has 0 radical (unpaired) electrons. The fourth-order valence-electron chi connectivity index (χ4n) is 4.61. The van der Waals surface area contributed by atoms with Crippen molar-refractivity contribution in [1.82, 2.24) is 9.80 Å². The molecule has 136 valence electrons. The van der Waals surface area contributed by atoms with Crippen LogP contribution in [-0.4, -0.2) is 61.0 Å². The van der Waals surface area contributed by atoms with Gasteiger partial charge in [-0.15, -0.1) is 0 Å². The van der Waals surface area contributed by atoms with Gasteiger partial charge in [0, 0.05) is 32.6 Å². The largest absolute Gasteiger partial charge is 0.459 e. The minimum absolute atomic E-state index is 0.0155. The number of likely N-dealkylation sites (tertiary alicyclic amines) is 1. The highest BCUT2D eigenvalue weighted by Crippen LogP contribution is 2.53.